The van der Waals surface area contributed by atoms with Gasteiger partial charge in [0.15, 0.2) is 0 Å². The number of nitrogens with one attached hydrogen (secondary N) is 1. The summed E-state index contributed by atoms with van der Waals surface area (Å²) in [6.45, 7) is 5.00. The van der Waals surface area contributed by atoms with Crippen LogP contribution in [0.5, 0.6) is 5.75 Å². The van der Waals surface area contributed by atoms with Crippen LogP contribution in [0.3, 0.4) is 0 Å². The van der Waals surface area contributed by atoms with E-state index in [1.54, 1.807) is 0 Å². The van der Waals surface area contributed by atoms with Crippen molar-refractivity contribution in [2.24, 2.45) is 11.8 Å². The predicted octanol–water partition coefficient (Wildman–Crippen LogP) is 1.50. The van der Waals surface area contributed by atoms with Gasteiger partial charge in [0.2, 0.25) is 5.91 Å². The summed E-state index contributed by atoms with van der Waals surface area (Å²) >= 11 is 0. The Balaban J connectivity index is 1.93. The fourth-order valence-corrected chi connectivity index (χ4v) is 2.27. The summed E-state index contributed by atoms with van der Waals surface area (Å²) in [5.41, 5.74) is 2.27. The lowest BCUT2D eigenvalue weighted by atomic mass is 9.96. The van der Waals surface area contributed by atoms with E-state index in [2.05, 4.69) is 11.4 Å². The van der Waals surface area contributed by atoms with Crippen molar-refractivity contribution in [1.82, 2.24) is 5.32 Å². The Morgan fingerprint density at radius 1 is 1.47 bits per heavy atom. The number of carbonyl (C=O) groups is 1. The van der Waals surface area contributed by atoms with Gasteiger partial charge >= 0.3 is 0 Å². The van der Waals surface area contributed by atoms with Crippen LogP contribution in [0.1, 0.15) is 25.0 Å². The second-order valence-electron chi connectivity index (χ2n) is 5.29. The Morgan fingerprint density at radius 3 is 2.95 bits per heavy atom. The van der Waals surface area contributed by atoms with Crippen LogP contribution in [0.4, 0.5) is 0 Å². The van der Waals surface area contributed by atoms with E-state index in [-0.39, 0.29) is 24.3 Å². The maximum atomic E-state index is 11.9. The average molecular weight is 263 g/mol. The predicted molar refractivity (Wildman–Crippen MR) is 72.9 cm³/mol. The topological polar surface area (TPSA) is 58.6 Å². The summed E-state index contributed by atoms with van der Waals surface area (Å²) in [6, 6.07) is 6.00. The molecule has 0 saturated heterocycles. The highest BCUT2D eigenvalue weighted by atomic mass is 16.5. The van der Waals surface area contributed by atoms with E-state index in [4.69, 9.17) is 4.74 Å². The molecule has 19 heavy (non-hydrogen) atoms. The minimum atomic E-state index is -0.335. The van der Waals surface area contributed by atoms with Crippen molar-refractivity contribution in [3.8, 4) is 5.75 Å². The molecule has 0 spiro atoms. The first-order valence-electron chi connectivity index (χ1n) is 6.75. The summed E-state index contributed by atoms with van der Waals surface area (Å²) in [7, 11) is 0. The molecule has 2 rings (SSSR count). The van der Waals surface area contributed by atoms with Gasteiger partial charge in [-0.2, -0.15) is 0 Å². The molecule has 2 N–H and O–H groups in total. The molecule has 104 valence electrons. The molecule has 1 atom stereocenters. The number of hydrogen-bond donors (Lipinski definition) is 2. The van der Waals surface area contributed by atoms with Crippen LogP contribution in [0, 0.1) is 11.8 Å². The molecule has 0 fully saturated rings. The quantitative estimate of drug-likeness (QED) is 0.846. The van der Waals surface area contributed by atoms with Crippen molar-refractivity contribution in [3.63, 3.8) is 0 Å². The Bertz CT molecular complexity index is 457. The highest BCUT2D eigenvalue weighted by Gasteiger charge is 2.21. The zero-order valence-electron chi connectivity index (χ0n) is 11.5. The lowest BCUT2D eigenvalue weighted by Gasteiger charge is -2.17. The number of fused-ring (bicyclic) bond motifs is 1. The molecule has 0 aliphatic carbocycles. The third kappa shape index (κ3) is 3.26. The monoisotopic (exact) mass is 263 g/mol. The summed E-state index contributed by atoms with van der Waals surface area (Å²) in [5.74, 6) is 0.663. The van der Waals surface area contributed by atoms with Crippen LogP contribution in [-0.2, 0) is 17.8 Å². The van der Waals surface area contributed by atoms with Gasteiger partial charge in [0.25, 0.3) is 0 Å². The first kappa shape index (κ1) is 13.9. The highest BCUT2D eigenvalue weighted by Crippen LogP contribution is 2.25. The Kier molecular flexibility index (Phi) is 4.43. The molecule has 4 nitrogen and oxygen atoms in total. The average Bonchev–Trinajstić information content (AvgIpc) is 2.84. The number of ether oxygens (including phenoxy) is 1. The molecule has 0 radical (unpaired) electrons. The zero-order chi connectivity index (χ0) is 13.8. The van der Waals surface area contributed by atoms with Gasteiger partial charge in [-0.1, -0.05) is 26.0 Å². The largest absolute Gasteiger partial charge is 0.493 e. The van der Waals surface area contributed by atoms with Crippen molar-refractivity contribution in [3.05, 3.63) is 29.3 Å². The second-order valence-corrected chi connectivity index (χ2v) is 5.29. The molecule has 4 heteroatoms. The van der Waals surface area contributed by atoms with Crippen LogP contribution in [0.15, 0.2) is 18.2 Å². The van der Waals surface area contributed by atoms with Crippen LogP contribution < -0.4 is 10.1 Å². The number of carbonyl (C=O) groups excluding carboxylic acids is 1. The number of rotatable bonds is 5. The van der Waals surface area contributed by atoms with Crippen molar-refractivity contribution in [2.45, 2.75) is 26.8 Å². The lowest BCUT2D eigenvalue weighted by molar-refractivity contribution is -0.127. The van der Waals surface area contributed by atoms with Gasteiger partial charge in [0.1, 0.15) is 5.75 Å². The fraction of sp³-hybridized carbons (Fsp3) is 0.533. The van der Waals surface area contributed by atoms with Crippen LogP contribution in [0.25, 0.3) is 0 Å². The summed E-state index contributed by atoms with van der Waals surface area (Å²) in [5, 5.41) is 12.1. The van der Waals surface area contributed by atoms with Crippen LogP contribution in [-0.4, -0.2) is 24.2 Å². The van der Waals surface area contributed by atoms with Gasteiger partial charge in [0.05, 0.1) is 19.1 Å². The smallest absolute Gasteiger partial charge is 0.225 e. The third-order valence-electron chi connectivity index (χ3n) is 3.56. The first-order chi connectivity index (χ1) is 9.11. The van der Waals surface area contributed by atoms with Crippen LogP contribution >= 0.6 is 0 Å². The van der Waals surface area contributed by atoms with E-state index in [0.717, 1.165) is 24.3 Å². The van der Waals surface area contributed by atoms with Gasteiger partial charge in [-0.05, 0) is 23.1 Å². The maximum absolute atomic E-state index is 11.9. The van der Waals surface area contributed by atoms with E-state index in [1.807, 2.05) is 26.0 Å². The number of aliphatic hydroxyl groups is 1. The molecular weight excluding hydrogens is 242 g/mol. The van der Waals surface area contributed by atoms with Crippen LogP contribution in [0.2, 0.25) is 0 Å². The Hall–Kier alpha value is -1.55. The van der Waals surface area contributed by atoms with E-state index in [9.17, 15) is 9.90 Å². The molecule has 1 aliphatic heterocycles. The number of amides is 1. The normalized spacial score (nSPS) is 14.9. The summed E-state index contributed by atoms with van der Waals surface area (Å²) in [6.07, 6.45) is 0.933. The molecule has 1 amide bonds. The fourth-order valence-electron chi connectivity index (χ4n) is 2.27. The highest BCUT2D eigenvalue weighted by molar-refractivity contribution is 5.79. The van der Waals surface area contributed by atoms with Crippen molar-refractivity contribution in [2.75, 3.05) is 13.2 Å². The number of aliphatic hydroxyl groups excluding tert-OH is 1. The minimum absolute atomic E-state index is 0.0887. The van der Waals surface area contributed by atoms with E-state index in [0.29, 0.717) is 6.54 Å². The molecule has 1 aromatic carbocycles. The van der Waals surface area contributed by atoms with Gasteiger partial charge in [0, 0.05) is 13.0 Å². The minimum Gasteiger partial charge on any atom is -0.493 e. The first-order valence-corrected chi connectivity index (χ1v) is 6.75. The number of benzene rings is 1. The zero-order valence-corrected chi connectivity index (χ0v) is 11.5. The molecule has 0 bridgehead atoms. The summed E-state index contributed by atoms with van der Waals surface area (Å²) < 4.78 is 5.45. The molecule has 0 aromatic heterocycles. The maximum Gasteiger partial charge on any atom is 0.225 e. The van der Waals surface area contributed by atoms with E-state index < -0.39 is 0 Å². The molecule has 0 saturated carbocycles. The lowest BCUT2D eigenvalue weighted by Crippen LogP contribution is -2.35. The third-order valence-corrected chi connectivity index (χ3v) is 3.56. The van der Waals surface area contributed by atoms with E-state index >= 15 is 0 Å². The van der Waals surface area contributed by atoms with Crippen molar-refractivity contribution >= 4 is 5.91 Å². The van der Waals surface area contributed by atoms with Gasteiger partial charge in [-0.25, -0.2) is 0 Å². The van der Waals surface area contributed by atoms with Crippen molar-refractivity contribution in [1.29, 1.82) is 0 Å². The molecular formula is C15H21NO3. The SMILES string of the molecule is CC(C)C(CO)C(=O)NCc1ccc2c(c1)CCO2. The molecule has 1 unspecified atom stereocenters. The Labute approximate surface area is 113 Å². The summed E-state index contributed by atoms with van der Waals surface area (Å²) in [4.78, 5) is 11.9. The Morgan fingerprint density at radius 2 is 2.26 bits per heavy atom. The molecule has 1 heterocycles. The van der Waals surface area contributed by atoms with Gasteiger partial charge < -0.3 is 15.2 Å². The molecule has 1 aliphatic rings. The standard InChI is InChI=1S/C15H21NO3/c1-10(2)13(9-17)15(18)16-8-11-3-4-14-12(7-11)5-6-19-14/h3-4,7,10,13,17H,5-6,8-9H2,1-2H3,(H,16,18). The van der Waals surface area contributed by atoms with Gasteiger partial charge in [-0.15, -0.1) is 0 Å². The van der Waals surface area contributed by atoms with E-state index in [1.165, 1.54) is 5.56 Å². The second kappa shape index (κ2) is 6.06. The molecule has 1 aromatic rings. The van der Waals surface area contributed by atoms with Gasteiger partial charge in [-0.3, -0.25) is 4.79 Å². The number of hydrogen-bond acceptors (Lipinski definition) is 3. The van der Waals surface area contributed by atoms with Crippen molar-refractivity contribution < 1.29 is 14.6 Å².